The van der Waals surface area contributed by atoms with Crippen LogP contribution in [0, 0.1) is 3.57 Å². The molecule has 1 heterocycles. The smallest absolute Gasteiger partial charge is 0.0623 e. The first-order valence-electron chi connectivity index (χ1n) is 3.02. The number of nitrogens with one attached hydrogen (secondary N) is 1. The highest BCUT2D eigenvalue weighted by atomic mass is 127. The zero-order valence-electron chi connectivity index (χ0n) is 5.32. The summed E-state index contributed by atoms with van der Waals surface area (Å²) in [5, 5.41) is 6.86. The Kier molecular flexibility index (Phi) is 2.50. The molecule has 50 valence electrons. The highest BCUT2D eigenvalue weighted by Crippen LogP contribution is 2.08. The molecule has 0 fully saturated rings. The topological polar surface area (TPSA) is 28.7 Å². The molecule has 0 saturated heterocycles. The molecule has 0 amide bonds. The van der Waals surface area contributed by atoms with Gasteiger partial charge in [0.1, 0.15) is 0 Å². The maximum absolute atomic E-state index is 3.91. The van der Waals surface area contributed by atoms with Gasteiger partial charge in [-0.1, -0.05) is 13.3 Å². The van der Waals surface area contributed by atoms with Crippen LogP contribution >= 0.6 is 22.6 Å². The third-order valence-electron chi connectivity index (χ3n) is 1.17. The molecule has 1 N–H and O–H groups in total. The van der Waals surface area contributed by atoms with E-state index in [1.807, 2.05) is 6.20 Å². The van der Waals surface area contributed by atoms with Crippen LogP contribution in [0.1, 0.15) is 19.0 Å². The summed E-state index contributed by atoms with van der Waals surface area (Å²) in [5.74, 6) is 0. The van der Waals surface area contributed by atoms with Crippen molar-refractivity contribution >= 4 is 22.6 Å². The number of rotatable bonds is 2. The predicted molar refractivity (Wildman–Crippen MR) is 45.3 cm³/mol. The standard InChI is InChI=1S/C6H9IN2/c1-2-3-6-5(7)4-8-9-6/h4H,2-3H2,1H3,(H,8,9). The molecule has 1 aromatic heterocycles. The summed E-state index contributed by atoms with van der Waals surface area (Å²) in [5.41, 5.74) is 1.26. The quantitative estimate of drug-likeness (QED) is 0.781. The van der Waals surface area contributed by atoms with E-state index in [9.17, 15) is 0 Å². The minimum Gasteiger partial charge on any atom is -0.281 e. The second kappa shape index (κ2) is 3.20. The van der Waals surface area contributed by atoms with Crippen LogP contribution in [0.5, 0.6) is 0 Å². The molecule has 2 nitrogen and oxygen atoms in total. The number of halogens is 1. The zero-order valence-corrected chi connectivity index (χ0v) is 7.47. The van der Waals surface area contributed by atoms with Crippen LogP contribution in [-0.2, 0) is 6.42 Å². The largest absolute Gasteiger partial charge is 0.281 e. The van der Waals surface area contributed by atoms with E-state index in [0.717, 1.165) is 6.42 Å². The van der Waals surface area contributed by atoms with Crippen LogP contribution in [0.2, 0.25) is 0 Å². The van der Waals surface area contributed by atoms with Crippen LogP contribution in [-0.4, -0.2) is 10.2 Å². The van der Waals surface area contributed by atoms with Crippen LogP contribution in [0.4, 0.5) is 0 Å². The van der Waals surface area contributed by atoms with E-state index in [1.54, 1.807) is 0 Å². The van der Waals surface area contributed by atoms with Gasteiger partial charge in [-0.3, -0.25) is 5.10 Å². The summed E-state index contributed by atoms with van der Waals surface area (Å²) < 4.78 is 1.24. The van der Waals surface area contributed by atoms with Crippen molar-refractivity contribution in [2.24, 2.45) is 0 Å². The van der Waals surface area contributed by atoms with Gasteiger partial charge in [0.25, 0.3) is 0 Å². The number of nitrogens with zero attached hydrogens (tertiary/aromatic N) is 1. The summed E-state index contributed by atoms with van der Waals surface area (Å²) >= 11 is 2.29. The van der Waals surface area contributed by atoms with E-state index in [1.165, 1.54) is 15.7 Å². The summed E-state index contributed by atoms with van der Waals surface area (Å²) in [7, 11) is 0. The molecule has 0 saturated carbocycles. The van der Waals surface area contributed by atoms with E-state index >= 15 is 0 Å². The first-order valence-corrected chi connectivity index (χ1v) is 4.10. The lowest BCUT2D eigenvalue weighted by molar-refractivity contribution is 0.863. The Hall–Kier alpha value is -0.0600. The molecule has 0 unspecified atom stereocenters. The molecule has 0 aliphatic heterocycles. The molecule has 1 aromatic rings. The van der Waals surface area contributed by atoms with Crippen molar-refractivity contribution in [1.29, 1.82) is 0 Å². The Balaban J connectivity index is 2.69. The van der Waals surface area contributed by atoms with Gasteiger partial charge in [0.15, 0.2) is 0 Å². The lowest BCUT2D eigenvalue weighted by atomic mass is 10.3. The Bertz CT molecular complexity index is 183. The molecule has 0 aliphatic rings. The number of hydrogen-bond acceptors (Lipinski definition) is 1. The Morgan fingerprint density at radius 2 is 2.56 bits per heavy atom. The van der Waals surface area contributed by atoms with Crippen LogP contribution in [0.15, 0.2) is 6.20 Å². The van der Waals surface area contributed by atoms with Gasteiger partial charge in [-0.05, 0) is 29.0 Å². The van der Waals surface area contributed by atoms with Crippen LogP contribution < -0.4 is 0 Å². The van der Waals surface area contributed by atoms with Crippen molar-refractivity contribution in [3.63, 3.8) is 0 Å². The van der Waals surface area contributed by atoms with Gasteiger partial charge in [0, 0.05) is 5.69 Å². The average molecular weight is 236 g/mol. The van der Waals surface area contributed by atoms with Crippen molar-refractivity contribution in [1.82, 2.24) is 10.2 Å². The van der Waals surface area contributed by atoms with Gasteiger partial charge in [0.05, 0.1) is 9.77 Å². The van der Waals surface area contributed by atoms with Crippen molar-refractivity contribution in [2.75, 3.05) is 0 Å². The number of H-pyrrole nitrogens is 1. The zero-order chi connectivity index (χ0) is 6.69. The maximum atomic E-state index is 3.91. The van der Waals surface area contributed by atoms with E-state index in [0.29, 0.717) is 0 Å². The van der Waals surface area contributed by atoms with Crippen molar-refractivity contribution < 1.29 is 0 Å². The molecule has 9 heavy (non-hydrogen) atoms. The summed E-state index contributed by atoms with van der Waals surface area (Å²) in [6.45, 7) is 2.16. The van der Waals surface area contributed by atoms with E-state index in [-0.39, 0.29) is 0 Å². The number of aryl methyl sites for hydroxylation is 1. The Morgan fingerprint density at radius 3 is 3.00 bits per heavy atom. The first kappa shape index (κ1) is 7.05. The SMILES string of the molecule is CCCc1[nH]ncc1I. The molecule has 0 bridgehead atoms. The summed E-state index contributed by atoms with van der Waals surface area (Å²) in [6, 6.07) is 0. The first-order chi connectivity index (χ1) is 4.34. The average Bonchev–Trinajstić information content (AvgIpc) is 2.18. The lowest BCUT2D eigenvalue weighted by Gasteiger charge is -1.90. The van der Waals surface area contributed by atoms with Crippen molar-refractivity contribution in [3.8, 4) is 0 Å². The fourth-order valence-electron chi connectivity index (χ4n) is 0.724. The van der Waals surface area contributed by atoms with E-state index in [2.05, 4.69) is 39.7 Å². The minimum absolute atomic E-state index is 1.11. The van der Waals surface area contributed by atoms with Gasteiger partial charge in [-0.15, -0.1) is 0 Å². The minimum atomic E-state index is 1.11. The van der Waals surface area contributed by atoms with Crippen molar-refractivity contribution in [3.05, 3.63) is 15.5 Å². The molecule has 3 heteroatoms. The fraction of sp³-hybridized carbons (Fsp3) is 0.500. The van der Waals surface area contributed by atoms with Gasteiger partial charge in [0.2, 0.25) is 0 Å². The van der Waals surface area contributed by atoms with Gasteiger partial charge >= 0.3 is 0 Å². The number of aromatic nitrogens is 2. The second-order valence-corrected chi connectivity index (χ2v) is 3.11. The molecule has 0 radical (unpaired) electrons. The van der Waals surface area contributed by atoms with E-state index in [4.69, 9.17) is 0 Å². The third-order valence-corrected chi connectivity index (χ3v) is 2.10. The molecular formula is C6H9IN2. The van der Waals surface area contributed by atoms with Gasteiger partial charge < -0.3 is 0 Å². The predicted octanol–water partition coefficient (Wildman–Crippen LogP) is 1.97. The molecule has 0 aliphatic carbocycles. The van der Waals surface area contributed by atoms with Crippen LogP contribution in [0.3, 0.4) is 0 Å². The monoisotopic (exact) mass is 236 g/mol. The van der Waals surface area contributed by atoms with Gasteiger partial charge in [-0.2, -0.15) is 5.10 Å². The number of hydrogen-bond donors (Lipinski definition) is 1. The second-order valence-electron chi connectivity index (χ2n) is 1.95. The fourth-order valence-corrected chi connectivity index (χ4v) is 1.25. The maximum Gasteiger partial charge on any atom is 0.0623 e. The molecular weight excluding hydrogens is 227 g/mol. The van der Waals surface area contributed by atoms with E-state index < -0.39 is 0 Å². The Labute approximate surface area is 68.2 Å². The normalized spacial score (nSPS) is 10.0. The summed E-state index contributed by atoms with van der Waals surface area (Å²) in [4.78, 5) is 0. The lowest BCUT2D eigenvalue weighted by Crippen LogP contribution is -1.84. The third kappa shape index (κ3) is 1.67. The molecule has 0 spiro atoms. The molecule has 1 rings (SSSR count). The van der Waals surface area contributed by atoms with Crippen molar-refractivity contribution in [2.45, 2.75) is 19.8 Å². The number of aromatic amines is 1. The Morgan fingerprint density at radius 1 is 1.78 bits per heavy atom. The van der Waals surface area contributed by atoms with Gasteiger partial charge in [-0.25, -0.2) is 0 Å². The highest BCUT2D eigenvalue weighted by Gasteiger charge is 1.97. The highest BCUT2D eigenvalue weighted by molar-refractivity contribution is 14.1. The molecule has 0 atom stereocenters. The molecule has 0 aromatic carbocycles. The van der Waals surface area contributed by atoms with Crippen LogP contribution in [0.25, 0.3) is 0 Å². The summed E-state index contributed by atoms with van der Waals surface area (Å²) in [6.07, 6.45) is 4.14.